The van der Waals surface area contributed by atoms with E-state index in [-0.39, 0.29) is 23.7 Å². The van der Waals surface area contributed by atoms with Crippen molar-refractivity contribution in [1.29, 1.82) is 0 Å². The summed E-state index contributed by atoms with van der Waals surface area (Å²) in [6.45, 7) is 2.53. The maximum Gasteiger partial charge on any atom is 0.307 e. The van der Waals surface area contributed by atoms with E-state index in [9.17, 15) is 19.5 Å². The maximum absolute atomic E-state index is 12.8. The second kappa shape index (κ2) is 6.27. The normalized spacial score (nSPS) is 32.3. The molecule has 0 aromatic heterocycles. The lowest BCUT2D eigenvalue weighted by Gasteiger charge is -2.25. The molecular weight excluding hydrogens is 332 g/mol. The number of benzene rings is 1. The van der Waals surface area contributed by atoms with Gasteiger partial charge in [0.2, 0.25) is 11.8 Å². The highest BCUT2D eigenvalue weighted by atomic mass is 16.4. The number of nitrogens with zero attached hydrogens (tertiary/aromatic N) is 1. The van der Waals surface area contributed by atoms with Gasteiger partial charge in [0.25, 0.3) is 0 Å². The molecule has 0 unspecified atom stereocenters. The zero-order valence-corrected chi connectivity index (χ0v) is 14.6. The molecule has 6 heteroatoms. The lowest BCUT2D eigenvalue weighted by molar-refractivity contribution is -0.148. The van der Waals surface area contributed by atoms with E-state index in [0.717, 1.165) is 11.3 Å². The first-order valence-electron chi connectivity index (χ1n) is 9.05. The lowest BCUT2D eigenvalue weighted by atomic mass is 9.82. The van der Waals surface area contributed by atoms with E-state index in [1.807, 2.05) is 43.3 Å². The second-order valence-electron chi connectivity index (χ2n) is 7.51. The lowest BCUT2D eigenvalue weighted by Crippen LogP contribution is -2.47. The summed E-state index contributed by atoms with van der Waals surface area (Å²) >= 11 is 0. The molecule has 0 radical (unpaired) electrons. The number of carboxylic acids is 1. The average Bonchev–Trinajstić information content (AvgIpc) is 3.31. The molecule has 0 spiro atoms. The Labute approximate surface area is 151 Å². The van der Waals surface area contributed by atoms with Crippen molar-refractivity contribution in [2.75, 3.05) is 11.4 Å². The van der Waals surface area contributed by atoms with Crippen molar-refractivity contribution < 1.29 is 19.5 Å². The van der Waals surface area contributed by atoms with Crippen molar-refractivity contribution >= 4 is 23.5 Å². The van der Waals surface area contributed by atoms with Crippen LogP contribution in [-0.2, 0) is 14.4 Å². The molecule has 1 saturated heterocycles. The highest BCUT2D eigenvalue weighted by molar-refractivity contribution is 6.02. The number of allylic oxidation sites excluding steroid dienone is 2. The van der Waals surface area contributed by atoms with Gasteiger partial charge in [-0.25, -0.2) is 0 Å². The van der Waals surface area contributed by atoms with Gasteiger partial charge in [0.15, 0.2) is 0 Å². The van der Waals surface area contributed by atoms with Crippen LogP contribution in [0.2, 0.25) is 0 Å². The molecule has 2 N–H and O–H groups in total. The third kappa shape index (κ3) is 2.69. The molecule has 2 fully saturated rings. The van der Waals surface area contributed by atoms with Gasteiger partial charge in [0.1, 0.15) is 6.04 Å². The summed E-state index contributed by atoms with van der Waals surface area (Å²) in [5.41, 5.74) is 1.94. The predicted molar refractivity (Wildman–Crippen MR) is 95.4 cm³/mol. The Morgan fingerprint density at radius 2 is 1.77 bits per heavy atom. The molecule has 2 aliphatic carbocycles. The molecule has 6 nitrogen and oxygen atoms in total. The molecule has 2 bridgehead atoms. The largest absolute Gasteiger partial charge is 0.481 e. The first-order chi connectivity index (χ1) is 12.5. The number of carboxylic acid groups (broad SMARTS) is 1. The fourth-order valence-electron chi connectivity index (χ4n) is 4.58. The van der Waals surface area contributed by atoms with Crippen molar-refractivity contribution in [2.45, 2.75) is 25.8 Å². The highest BCUT2D eigenvalue weighted by Gasteiger charge is 2.52. The minimum Gasteiger partial charge on any atom is -0.481 e. The minimum absolute atomic E-state index is 0.0363. The van der Waals surface area contributed by atoms with Crippen LogP contribution in [0.5, 0.6) is 0 Å². The predicted octanol–water partition coefficient (Wildman–Crippen LogP) is 1.74. The summed E-state index contributed by atoms with van der Waals surface area (Å²) in [5, 5.41) is 12.3. The van der Waals surface area contributed by atoms with Gasteiger partial charge in [0, 0.05) is 12.2 Å². The van der Waals surface area contributed by atoms with Gasteiger partial charge in [-0.15, -0.1) is 0 Å². The molecule has 1 saturated carbocycles. The second-order valence-corrected chi connectivity index (χ2v) is 7.51. The number of fused-ring (bicyclic) bond motifs is 2. The number of carbonyl (C=O) groups is 3. The molecule has 1 aromatic rings. The Morgan fingerprint density at radius 3 is 2.42 bits per heavy atom. The Kier molecular flexibility index (Phi) is 4.05. The van der Waals surface area contributed by atoms with Gasteiger partial charge in [-0.2, -0.15) is 0 Å². The maximum atomic E-state index is 12.8. The molecule has 26 heavy (non-hydrogen) atoms. The standard InChI is InChI=1S/C20H22N2O4/c1-11-2-6-14(7-3-11)22-9-8-15(19(22)24)21-18(23)16-12-4-5-13(10-12)17(16)20(25)26/h2-7,12-13,15-17H,8-10H2,1H3,(H,21,23)(H,25,26)/t12-,13-,15-,16-,17+/m0/s1. The number of hydrogen-bond acceptors (Lipinski definition) is 3. The van der Waals surface area contributed by atoms with Crippen molar-refractivity contribution in [1.82, 2.24) is 5.32 Å². The number of aryl methyl sites for hydroxylation is 1. The summed E-state index contributed by atoms with van der Waals surface area (Å²) in [4.78, 5) is 38.7. The van der Waals surface area contributed by atoms with Crippen LogP contribution in [0.3, 0.4) is 0 Å². The average molecular weight is 354 g/mol. The SMILES string of the molecule is Cc1ccc(N2CC[C@H](NC(=O)[C@@H]3[C@H](C(=O)O)[C@H]4C=C[C@H]3C4)C2=O)cc1. The van der Waals surface area contributed by atoms with E-state index >= 15 is 0 Å². The number of rotatable bonds is 4. The third-order valence-corrected chi connectivity index (χ3v) is 5.91. The zero-order chi connectivity index (χ0) is 18.4. The number of anilines is 1. The first-order valence-corrected chi connectivity index (χ1v) is 9.05. The van der Waals surface area contributed by atoms with Gasteiger partial charge in [-0.3, -0.25) is 14.4 Å². The fourth-order valence-corrected chi connectivity index (χ4v) is 4.58. The number of nitrogens with one attached hydrogen (secondary N) is 1. The summed E-state index contributed by atoms with van der Waals surface area (Å²) in [5.74, 6) is -2.74. The third-order valence-electron chi connectivity index (χ3n) is 5.91. The molecular formula is C20H22N2O4. The Hall–Kier alpha value is -2.63. The molecule has 1 aliphatic heterocycles. The van der Waals surface area contributed by atoms with Gasteiger partial charge in [-0.05, 0) is 43.7 Å². The van der Waals surface area contributed by atoms with Crippen LogP contribution in [-0.4, -0.2) is 35.5 Å². The van der Waals surface area contributed by atoms with Gasteiger partial charge < -0.3 is 15.3 Å². The van der Waals surface area contributed by atoms with Crippen molar-refractivity contribution in [3.63, 3.8) is 0 Å². The molecule has 3 aliphatic rings. The van der Waals surface area contributed by atoms with Crippen LogP contribution in [0, 0.1) is 30.6 Å². The summed E-state index contributed by atoms with van der Waals surface area (Å²) in [6.07, 6.45) is 5.10. The fraction of sp³-hybridized carbons (Fsp3) is 0.450. The van der Waals surface area contributed by atoms with E-state index < -0.39 is 23.8 Å². The molecule has 2 amide bonds. The molecule has 136 valence electrons. The Balaban J connectivity index is 1.45. The number of hydrogen-bond donors (Lipinski definition) is 2. The van der Waals surface area contributed by atoms with E-state index in [2.05, 4.69) is 5.32 Å². The van der Waals surface area contributed by atoms with E-state index in [1.54, 1.807) is 4.90 Å². The van der Waals surface area contributed by atoms with E-state index in [4.69, 9.17) is 0 Å². The summed E-state index contributed by atoms with van der Waals surface area (Å²) in [7, 11) is 0. The molecule has 1 heterocycles. The van der Waals surface area contributed by atoms with Crippen molar-refractivity contribution in [3.8, 4) is 0 Å². The van der Waals surface area contributed by atoms with Gasteiger partial charge >= 0.3 is 5.97 Å². The van der Waals surface area contributed by atoms with E-state index in [1.165, 1.54) is 0 Å². The van der Waals surface area contributed by atoms with Gasteiger partial charge in [-0.1, -0.05) is 29.8 Å². The topological polar surface area (TPSA) is 86.7 Å². The van der Waals surface area contributed by atoms with Crippen LogP contribution in [0.1, 0.15) is 18.4 Å². The zero-order valence-electron chi connectivity index (χ0n) is 14.6. The minimum atomic E-state index is -0.930. The smallest absolute Gasteiger partial charge is 0.307 e. The van der Waals surface area contributed by atoms with Crippen LogP contribution in [0.15, 0.2) is 36.4 Å². The van der Waals surface area contributed by atoms with Crippen LogP contribution < -0.4 is 10.2 Å². The van der Waals surface area contributed by atoms with Gasteiger partial charge in [0.05, 0.1) is 11.8 Å². The first kappa shape index (κ1) is 16.8. The summed E-state index contributed by atoms with van der Waals surface area (Å²) in [6, 6.07) is 7.12. The van der Waals surface area contributed by atoms with Crippen molar-refractivity contribution in [3.05, 3.63) is 42.0 Å². The number of aliphatic carboxylic acids is 1. The molecule has 1 aromatic carbocycles. The monoisotopic (exact) mass is 354 g/mol. The van der Waals surface area contributed by atoms with Crippen LogP contribution in [0.4, 0.5) is 5.69 Å². The van der Waals surface area contributed by atoms with Crippen molar-refractivity contribution in [2.24, 2.45) is 23.7 Å². The van der Waals surface area contributed by atoms with Crippen LogP contribution in [0.25, 0.3) is 0 Å². The molecule has 5 atom stereocenters. The number of amides is 2. The van der Waals surface area contributed by atoms with E-state index in [0.29, 0.717) is 19.4 Å². The molecule has 4 rings (SSSR count). The van der Waals surface area contributed by atoms with Crippen LogP contribution >= 0.6 is 0 Å². The summed E-state index contributed by atoms with van der Waals surface area (Å²) < 4.78 is 0. The Morgan fingerprint density at radius 1 is 1.12 bits per heavy atom. The Bertz CT molecular complexity index is 786. The highest BCUT2D eigenvalue weighted by Crippen LogP contribution is 2.48. The number of carbonyl (C=O) groups excluding carboxylic acids is 2. The quantitative estimate of drug-likeness (QED) is 0.807.